The van der Waals surface area contributed by atoms with Crippen LogP contribution in [0.1, 0.15) is 37.9 Å². The smallest absolute Gasteiger partial charge is 0.296 e. The highest BCUT2D eigenvalue weighted by molar-refractivity contribution is 7.86. The molecule has 5 aromatic rings. The Morgan fingerprint density at radius 2 is 1.50 bits per heavy atom. The molecular weight excluding hydrogens is 522 g/mol. The normalized spacial score (nSPS) is 13.6. The molecule has 1 aliphatic rings. The zero-order valence-corrected chi connectivity index (χ0v) is 22.4. The number of aromatic nitrogens is 2. The average Bonchev–Trinajstić information content (AvgIpc) is 3.42. The summed E-state index contributed by atoms with van der Waals surface area (Å²) < 4.78 is 33.9. The number of carbonyl (C=O) groups is 2. The summed E-state index contributed by atoms with van der Waals surface area (Å²) in [6.07, 6.45) is 0. The first-order valence-corrected chi connectivity index (χ1v) is 13.9. The molecule has 10 heteroatoms. The third-order valence-electron chi connectivity index (χ3n) is 6.20. The molecule has 0 amide bonds. The fourth-order valence-electron chi connectivity index (χ4n) is 4.56. The van der Waals surface area contributed by atoms with Gasteiger partial charge in [0, 0.05) is 22.1 Å². The van der Waals surface area contributed by atoms with Gasteiger partial charge in [-0.2, -0.15) is 8.42 Å². The molecule has 0 fully saturated rings. The van der Waals surface area contributed by atoms with Crippen LogP contribution in [0.15, 0.2) is 71.6 Å². The highest BCUT2D eigenvalue weighted by Crippen LogP contribution is 2.37. The van der Waals surface area contributed by atoms with Crippen LogP contribution >= 0.6 is 11.3 Å². The molecule has 0 spiro atoms. The third kappa shape index (κ3) is 4.41. The van der Waals surface area contributed by atoms with Crippen molar-refractivity contribution < 1.29 is 22.6 Å². The van der Waals surface area contributed by atoms with Crippen molar-refractivity contribution in [2.45, 2.75) is 17.7 Å². The number of Topliss-reactive ketones (excluding diaryl/α,β-unsaturated/α-hetero) is 2. The molecule has 2 heterocycles. The molecule has 2 aromatic heterocycles. The van der Waals surface area contributed by atoms with Gasteiger partial charge in [-0.3, -0.25) is 19.1 Å². The van der Waals surface area contributed by atoms with Gasteiger partial charge in [-0.1, -0.05) is 36.4 Å². The highest BCUT2D eigenvalue weighted by Gasteiger charge is 2.40. The maximum atomic E-state index is 12.9. The summed E-state index contributed by atoms with van der Waals surface area (Å²) in [5.41, 5.74) is 3.57. The molecule has 0 saturated heterocycles. The number of nitrogens with zero attached hydrogens (tertiary/aromatic N) is 2. The summed E-state index contributed by atoms with van der Waals surface area (Å²) in [6.45, 7) is 1.62. The minimum Gasteiger partial charge on any atom is -0.323 e. The number of thiazole rings is 1. The van der Waals surface area contributed by atoms with Gasteiger partial charge in [0.1, 0.15) is 15.8 Å². The molecule has 2 N–H and O–H groups in total. The first-order chi connectivity index (χ1) is 18.1. The Bertz CT molecular complexity index is 1830. The Morgan fingerprint density at radius 1 is 0.868 bits per heavy atom. The van der Waals surface area contributed by atoms with Crippen molar-refractivity contribution in [3.05, 3.63) is 89.1 Å². The molecule has 0 unspecified atom stereocenters. The van der Waals surface area contributed by atoms with E-state index >= 15 is 0 Å². The first-order valence-electron chi connectivity index (χ1n) is 11.7. The van der Waals surface area contributed by atoms with Crippen molar-refractivity contribution in [2.24, 2.45) is 0 Å². The van der Waals surface area contributed by atoms with Crippen molar-refractivity contribution >= 4 is 54.1 Å². The van der Waals surface area contributed by atoms with Gasteiger partial charge in [0.05, 0.1) is 21.4 Å². The molecule has 1 aliphatic carbocycles. The fraction of sp³-hybridized carbons (Fsp3) is 0.143. The lowest BCUT2D eigenvalue weighted by Gasteiger charge is -2.08. The van der Waals surface area contributed by atoms with E-state index in [1.54, 1.807) is 55.5 Å². The number of aryl methyl sites for hydroxylation is 1. The zero-order valence-electron chi connectivity index (χ0n) is 20.7. The topological polar surface area (TPSA) is 126 Å². The molecule has 0 bridgehead atoms. The molecule has 0 atom stereocenters. The van der Waals surface area contributed by atoms with Crippen LogP contribution in [0.5, 0.6) is 0 Å². The van der Waals surface area contributed by atoms with Crippen LogP contribution in [-0.2, 0) is 10.1 Å². The lowest BCUT2D eigenvalue weighted by atomic mass is 9.98. The van der Waals surface area contributed by atoms with E-state index in [2.05, 4.69) is 15.3 Å². The van der Waals surface area contributed by atoms with Gasteiger partial charge < -0.3 is 5.32 Å². The second kappa shape index (κ2) is 9.80. The van der Waals surface area contributed by atoms with Gasteiger partial charge in [-0.05, 0) is 56.9 Å². The number of benzene rings is 3. The molecule has 0 radical (unpaired) electrons. The number of carbonyl (C=O) groups excluding carboxylic acids is 2. The van der Waals surface area contributed by atoms with Crippen LogP contribution in [0.4, 0.5) is 0 Å². The molecule has 6 rings (SSSR count). The van der Waals surface area contributed by atoms with Crippen molar-refractivity contribution in [3.8, 4) is 10.6 Å². The van der Waals surface area contributed by atoms with Gasteiger partial charge in [0.15, 0.2) is 11.6 Å². The molecular formula is C28H23N3O5S2. The van der Waals surface area contributed by atoms with Crippen LogP contribution in [0.3, 0.4) is 0 Å². The van der Waals surface area contributed by atoms with Crippen LogP contribution in [0.25, 0.3) is 31.7 Å². The minimum absolute atomic E-state index is 0.127. The van der Waals surface area contributed by atoms with Crippen LogP contribution in [0.2, 0.25) is 0 Å². The minimum atomic E-state index is -4.40. The molecule has 192 valence electrons. The van der Waals surface area contributed by atoms with E-state index < -0.39 is 16.0 Å². The molecule has 0 aliphatic heterocycles. The largest absolute Gasteiger partial charge is 0.323 e. The zero-order chi connectivity index (χ0) is 27.2. The SMILES string of the molecule is CNC.Cc1ccc2nc(-c3ccc4nc(C5C(=O)c6ccccc6C5=O)ccc4c3)sc2c1S(=O)(=O)O. The molecule has 3 aromatic carbocycles. The van der Waals surface area contributed by atoms with Crippen molar-refractivity contribution in [1.82, 2.24) is 15.3 Å². The number of rotatable bonds is 3. The third-order valence-corrected chi connectivity index (χ3v) is 8.51. The Hall–Kier alpha value is -3.83. The van der Waals surface area contributed by atoms with Gasteiger partial charge in [0.25, 0.3) is 10.1 Å². The van der Waals surface area contributed by atoms with Crippen molar-refractivity contribution in [1.29, 1.82) is 0 Å². The van der Waals surface area contributed by atoms with Gasteiger partial charge in [-0.25, -0.2) is 4.98 Å². The standard InChI is InChI=1S/C26H16N2O5S2.C2H7N/c1-13-6-9-20-24(25(13)35(31,32)33)34-26(28-20)15-8-10-18-14(12-15)7-11-19(27-18)21-22(29)16-4-2-3-5-17(16)23(21)30;1-3-2/h2-12,21H,1H3,(H,31,32,33);3H,1-2H3. The van der Waals surface area contributed by atoms with Crippen molar-refractivity contribution in [2.75, 3.05) is 14.1 Å². The number of hydrogen-bond donors (Lipinski definition) is 2. The maximum Gasteiger partial charge on any atom is 0.296 e. The average molecular weight is 546 g/mol. The Morgan fingerprint density at radius 3 is 2.13 bits per heavy atom. The first kappa shape index (κ1) is 25.8. The lowest BCUT2D eigenvalue weighted by molar-refractivity contribution is 0.0888. The number of hydrogen-bond acceptors (Lipinski definition) is 8. The molecule has 0 saturated carbocycles. The summed E-state index contributed by atoms with van der Waals surface area (Å²) in [7, 11) is -0.650. The summed E-state index contributed by atoms with van der Waals surface area (Å²) >= 11 is 1.18. The number of fused-ring (bicyclic) bond motifs is 3. The molecule has 38 heavy (non-hydrogen) atoms. The van der Waals surface area contributed by atoms with E-state index in [0.717, 1.165) is 10.9 Å². The second-order valence-electron chi connectivity index (χ2n) is 8.90. The van der Waals surface area contributed by atoms with E-state index in [-0.39, 0.29) is 16.5 Å². The van der Waals surface area contributed by atoms with Gasteiger partial charge in [0.2, 0.25) is 0 Å². The van der Waals surface area contributed by atoms with E-state index in [1.807, 2.05) is 32.3 Å². The predicted octanol–water partition coefficient (Wildman–Crippen LogP) is 5.07. The van der Waals surface area contributed by atoms with E-state index in [4.69, 9.17) is 0 Å². The van der Waals surface area contributed by atoms with E-state index in [0.29, 0.717) is 43.1 Å². The van der Waals surface area contributed by atoms with Crippen LogP contribution in [0, 0.1) is 6.92 Å². The Kier molecular flexibility index (Phi) is 6.66. The summed E-state index contributed by atoms with van der Waals surface area (Å²) in [5.74, 6) is -1.43. The number of ketones is 2. The van der Waals surface area contributed by atoms with E-state index in [1.165, 1.54) is 11.3 Å². The Labute approximate surface area is 223 Å². The fourth-order valence-corrected chi connectivity index (χ4v) is 6.87. The van der Waals surface area contributed by atoms with Crippen LogP contribution in [-0.4, -0.2) is 48.6 Å². The quantitative estimate of drug-likeness (QED) is 0.238. The predicted molar refractivity (Wildman–Crippen MR) is 148 cm³/mol. The van der Waals surface area contributed by atoms with Gasteiger partial charge >= 0.3 is 0 Å². The maximum absolute atomic E-state index is 12.9. The second-order valence-corrected chi connectivity index (χ2v) is 11.3. The summed E-state index contributed by atoms with van der Waals surface area (Å²) in [4.78, 5) is 34.8. The summed E-state index contributed by atoms with van der Waals surface area (Å²) in [5, 5.41) is 4.13. The highest BCUT2D eigenvalue weighted by atomic mass is 32.2. The molecule has 8 nitrogen and oxygen atoms in total. The lowest BCUT2D eigenvalue weighted by Crippen LogP contribution is -2.14. The van der Waals surface area contributed by atoms with Crippen LogP contribution < -0.4 is 5.32 Å². The monoisotopic (exact) mass is 545 g/mol. The van der Waals surface area contributed by atoms with Gasteiger partial charge in [-0.15, -0.1) is 11.3 Å². The summed E-state index contributed by atoms with van der Waals surface area (Å²) in [6, 6.07) is 19.1. The number of nitrogens with one attached hydrogen (secondary N) is 1. The number of pyridine rings is 1. The van der Waals surface area contributed by atoms with Crippen molar-refractivity contribution in [3.63, 3.8) is 0 Å². The van der Waals surface area contributed by atoms with E-state index in [9.17, 15) is 22.6 Å². The Balaban J connectivity index is 0.000000937.